The summed E-state index contributed by atoms with van der Waals surface area (Å²) in [5.41, 5.74) is 5.74. The normalized spacial score (nSPS) is 14.6. The van der Waals surface area contributed by atoms with Gasteiger partial charge in [-0.05, 0) is 27.9 Å². The van der Waals surface area contributed by atoms with E-state index in [1.54, 1.807) is 18.7 Å². The van der Waals surface area contributed by atoms with E-state index in [2.05, 4.69) is 0 Å². The van der Waals surface area contributed by atoms with Crippen LogP contribution < -0.4 is 5.73 Å². The van der Waals surface area contributed by atoms with Crippen LogP contribution in [0.3, 0.4) is 0 Å². The van der Waals surface area contributed by atoms with Gasteiger partial charge in [-0.3, -0.25) is 4.90 Å². The largest absolute Gasteiger partial charge is 0.443 e. The molecule has 0 amide bonds. The summed E-state index contributed by atoms with van der Waals surface area (Å²) in [7, 11) is 3.66. The van der Waals surface area contributed by atoms with Gasteiger partial charge in [0.05, 0.1) is 0 Å². The molecule has 4 nitrogen and oxygen atoms in total. The van der Waals surface area contributed by atoms with Gasteiger partial charge in [0.2, 0.25) is 0 Å². The lowest BCUT2D eigenvalue weighted by Crippen LogP contribution is -2.29. The zero-order valence-electron chi connectivity index (χ0n) is 8.00. The van der Waals surface area contributed by atoms with Crippen molar-refractivity contribution >= 4 is 5.97 Å². The number of esters is 1. The molecule has 2 N–H and O–H groups in total. The van der Waals surface area contributed by atoms with Crippen LogP contribution in [0.5, 0.6) is 0 Å². The monoisotopic (exact) mass is 172 g/mol. The van der Waals surface area contributed by atoms with Crippen LogP contribution in [0.15, 0.2) is 11.8 Å². The molecule has 0 spiro atoms. The smallest absolute Gasteiger partial charge is 0.334 e. The maximum Gasteiger partial charge on any atom is 0.334 e. The summed E-state index contributed by atoms with van der Waals surface area (Å²) in [5.74, 6) is -0.406. The fourth-order valence-corrected chi connectivity index (χ4v) is 0.493. The van der Waals surface area contributed by atoms with Gasteiger partial charge in [-0.2, -0.15) is 0 Å². The van der Waals surface area contributed by atoms with Crippen LogP contribution >= 0.6 is 0 Å². The summed E-state index contributed by atoms with van der Waals surface area (Å²) >= 11 is 0. The minimum Gasteiger partial charge on any atom is -0.443 e. The molecular formula is C8H16N2O2. The lowest BCUT2D eigenvalue weighted by molar-refractivity contribution is -0.149. The van der Waals surface area contributed by atoms with Crippen molar-refractivity contribution in [3.05, 3.63) is 11.8 Å². The minimum atomic E-state index is -0.406. The number of nitrogens with zero attached hydrogens (tertiary/aromatic N) is 1. The first kappa shape index (κ1) is 11.0. The topological polar surface area (TPSA) is 55.6 Å². The minimum absolute atomic E-state index is 0.229. The Hall–Kier alpha value is -1.03. The average Bonchev–Trinajstić information content (AvgIpc) is 1.84. The molecule has 1 unspecified atom stereocenters. The number of hydrogen-bond acceptors (Lipinski definition) is 4. The van der Waals surface area contributed by atoms with Gasteiger partial charge in [0, 0.05) is 11.8 Å². The molecule has 12 heavy (non-hydrogen) atoms. The van der Waals surface area contributed by atoms with Crippen molar-refractivity contribution in [2.24, 2.45) is 5.73 Å². The van der Waals surface area contributed by atoms with E-state index in [1.165, 1.54) is 6.08 Å². The molecule has 0 rings (SSSR count). The maximum absolute atomic E-state index is 11.0. The third kappa shape index (κ3) is 4.73. The number of carbonyl (C=O) groups excluding carboxylic acids is 1. The third-order valence-electron chi connectivity index (χ3n) is 1.36. The van der Waals surface area contributed by atoms with Gasteiger partial charge in [-0.25, -0.2) is 4.79 Å². The van der Waals surface area contributed by atoms with Crippen LogP contribution in [0.1, 0.15) is 13.8 Å². The Morgan fingerprint density at radius 1 is 1.58 bits per heavy atom. The lowest BCUT2D eigenvalue weighted by atomic mass is 10.4. The second-order valence-electron chi connectivity index (χ2n) is 2.89. The molecule has 0 saturated heterocycles. The molecule has 0 heterocycles. The van der Waals surface area contributed by atoms with Crippen LogP contribution in [-0.4, -0.2) is 31.2 Å². The van der Waals surface area contributed by atoms with E-state index >= 15 is 0 Å². The maximum atomic E-state index is 11.0. The zero-order valence-corrected chi connectivity index (χ0v) is 8.00. The van der Waals surface area contributed by atoms with Crippen molar-refractivity contribution in [3.63, 3.8) is 0 Å². The molecular weight excluding hydrogens is 156 g/mol. The summed E-state index contributed by atoms with van der Waals surface area (Å²) in [6, 6.07) is 0. The number of hydrogen-bond donors (Lipinski definition) is 1. The Balaban J connectivity index is 3.94. The van der Waals surface area contributed by atoms with Crippen LogP contribution in [0, 0.1) is 0 Å². The lowest BCUT2D eigenvalue weighted by Gasteiger charge is -2.18. The third-order valence-corrected chi connectivity index (χ3v) is 1.36. The molecule has 0 aliphatic carbocycles. The van der Waals surface area contributed by atoms with Gasteiger partial charge in [-0.1, -0.05) is 0 Å². The molecule has 0 aromatic heterocycles. The van der Waals surface area contributed by atoms with E-state index in [4.69, 9.17) is 10.5 Å². The molecule has 0 radical (unpaired) electrons. The molecule has 0 aliphatic heterocycles. The molecule has 0 bridgehead atoms. The van der Waals surface area contributed by atoms with Gasteiger partial charge in [-0.15, -0.1) is 0 Å². The Morgan fingerprint density at radius 3 is 2.42 bits per heavy atom. The molecule has 70 valence electrons. The van der Waals surface area contributed by atoms with E-state index < -0.39 is 5.97 Å². The van der Waals surface area contributed by atoms with Crippen LogP contribution in [0.4, 0.5) is 0 Å². The van der Waals surface area contributed by atoms with Crippen molar-refractivity contribution in [1.82, 2.24) is 4.90 Å². The van der Waals surface area contributed by atoms with Gasteiger partial charge in [0.1, 0.15) is 0 Å². The second kappa shape index (κ2) is 4.77. The van der Waals surface area contributed by atoms with Crippen molar-refractivity contribution in [1.29, 1.82) is 0 Å². The standard InChI is InChI=1S/C8H16N2O2/c1-6(9)5-8(11)12-7(2)10(3)4/h5,7H,9H2,1-4H3. The van der Waals surface area contributed by atoms with Crippen LogP contribution in [0.25, 0.3) is 0 Å². The summed E-state index contributed by atoms with van der Waals surface area (Å²) in [6.07, 6.45) is 1.04. The molecule has 0 saturated carbocycles. The highest BCUT2D eigenvalue weighted by molar-refractivity contribution is 5.82. The summed E-state index contributed by atoms with van der Waals surface area (Å²) in [6.45, 7) is 3.43. The first-order valence-electron chi connectivity index (χ1n) is 3.74. The average molecular weight is 172 g/mol. The quantitative estimate of drug-likeness (QED) is 0.378. The predicted octanol–water partition coefficient (Wildman–Crippen LogP) is 0.300. The number of nitrogens with two attached hydrogens (primary N) is 1. The second-order valence-corrected chi connectivity index (χ2v) is 2.89. The van der Waals surface area contributed by atoms with Crippen molar-refractivity contribution in [2.45, 2.75) is 20.1 Å². The van der Waals surface area contributed by atoms with E-state index in [-0.39, 0.29) is 6.23 Å². The van der Waals surface area contributed by atoms with Gasteiger partial charge in [0.25, 0.3) is 0 Å². The van der Waals surface area contributed by atoms with E-state index in [9.17, 15) is 4.79 Å². The molecule has 0 aromatic rings. The van der Waals surface area contributed by atoms with Crippen molar-refractivity contribution < 1.29 is 9.53 Å². The number of allylic oxidation sites excluding steroid dienone is 1. The molecule has 0 aliphatic rings. The van der Waals surface area contributed by atoms with Gasteiger partial charge >= 0.3 is 5.97 Å². The van der Waals surface area contributed by atoms with Gasteiger partial charge < -0.3 is 10.5 Å². The molecule has 4 heteroatoms. The van der Waals surface area contributed by atoms with Crippen molar-refractivity contribution in [3.8, 4) is 0 Å². The zero-order chi connectivity index (χ0) is 9.72. The van der Waals surface area contributed by atoms with E-state index in [0.29, 0.717) is 5.70 Å². The molecule has 0 fully saturated rings. The van der Waals surface area contributed by atoms with E-state index in [0.717, 1.165) is 0 Å². The first-order valence-corrected chi connectivity index (χ1v) is 3.74. The summed E-state index contributed by atoms with van der Waals surface area (Å²) < 4.78 is 4.95. The fraction of sp³-hybridized carbons (Fsp3) is 0.625. The predicted molar refractivity (Wildman–Crippen MR) is 47.2 cm³/mol. The van der Waals surface area contributed by atoms with E-state index in [1.807, 2.05) is 14.1 Å². The van der Waals surface area contributed by atoms with Crippen LogP contribution in [-0.2, 0) is 9.53 Å². The summed E-state index contributed by atoms with van der Waals surface area (Å²) in [4.78, 5) is 12.8. The fourth-order valence-electron chi connectivity index (χ4n) is 0.493. The first-order chi connectivity index (χ1) is 5.43. The number of rotatable bonds is 3. The summed E-state index contributed by atoms with van der Waals surface area (Å²) in [5, 5.41) is 0. The highest BCUT2D eigenvalue weighted by Crippen LogP contribution is 1.96. The highest BCUT2D eigenvalue weighted by atomic mass is 16.6. The Morgan fingerprint density at radius 2 is 2.08 bits per heavy atom. The number of carbonyl (C=O) groups is 1. The SMILES string of the molecule is CC(N)=CC(=O)OC(C)N(C)C. The van der Waals surface area contributed by atoms with Crippen molar-refractivity contribution in [2.75, 3.05) is 14.1 Å². The Kier molecular flexibility index (Phi) is 4.36. The highest BCUT2D eigenvalue weighted by Gasteiger charge is 2.08. The number of ether oxygens (including phenoxy) is 1. The van der Waals surface area contributed by atoms with Gasteiger partial charge in [0.15, 0.2) is 6.23 Å². The molecule has 0 aromatic carbocycles. The molecule has 1 atom stereocenters. The van der Waals surface area contributed by atoms with Crippen LogP contribution in [0.2, 0.25) is 0 Å². The Bertz CT molecular complexity index is 183. The Labute approximate surface area is 73.0 Å².